The number of sulfonamides is 1. The van der Waals surface area contributed by atoms with Gasteiger partial charge in [0.1, 0.15) is 10.0 Å². The predicted octanol–water partition coefficient (Wildman–Crippen LogP) is 2.83. The van der Waals surface area contributed by atoms with Crippen LogP contribution in [0.2, 0.25) is 5.02 Å². The molecule has 112 valence electrons. The van der Waals surface area contributed by atoms with Crippen molar-refractivity contribution in [2.24, 2.45) is 0 Å². The second-order valence-electron chi connectivity index (χ2n) is 3.84. The second kappa shape index (κ2) is 5.47. The number of nitrogens with two attached hydrogens (primary N) is 1. The predicted molar refractivity (Wildman–Crippen MR) is 77.6 cm³/mol. The third kappa shape index (κ3) is 3.40. The van der Waals surface area contributed by atoms with Gasteiger partial charge in [-0.05, 0) is 18.2 Å². The summed E-state index contributed by atoms with van der Waals surface area (Å²) in [6.07, 6.45) is 0. The summed E-state index contributed by atoms with van der Waals surface area (Å²) in [7, 11) is -4.12. The van der Waals surface area contributed by atoms with Crippen LogP contribution >= 0.6 is 22.9 Å². The molecule has 0 saturated carbocycles. The standard InChI is InChI=1S/C10H7ClFN3O4S2/c11-5-1-6(12)3-7(2-5)14-21(18,19)9-4-8(15(16)17)10(13)20-9/h1-4,14H,13H2. The van der Waals surface area contributed by atoms with E-state index >= 15 is 0 Å². The van der Waals surface area contributed by atoms with Crippen LogP contribution in [0, 0.1) is 15.9 Å². The van der Waals surface area contributed by atoms with Crippen molar-refractivity contribution in [2.45, 2.75) is 4.21 Å². The van der Waals surface area contributed by atoms with Crippen LogP contribution in [0.3, 0.4) is 0 Å². The van der Waals surface area contributed by atoms with E-state index in [4.69, 9.17) is 17.3 Å². The van der Waals surface area contributed by atoms with Gasteiger partial charge in [-0.1, -0.05) is 22.9 Å². The quantitative estimate of drug-likeness (QED) is 0.649. The van der Waals surface area contributed by atoms with Crippen molar-refractivity contribution in [3.05, 3.63) is 45.2 Å². The van der Waals surface area contributed by atoms with E-state index in [1.54, 1.807) is 0 Å². The Morgan fingerprint density at radius 3 is 2.52 bits per heavy atom. The molecule has 0 bridgehead atoms. The summed E-state index contributed by atoms with van der Waals surface area (Å²) in [5, 5.41) is 10.4. The van der Waals surface area contributed by atoms with Crippen LogP contribution in [0.4, 0.5) is 20.8 Å². The summed E-state index contributed by atoms with van der Waals surface area (Å²) in [5.41, 5.74) is 4.78. The third-order valence-electron chi connectivity index (χ3n) is 2.29. The Kier molecular flexibility index (Phi) is 4.03. The van der Waals surface area contributed by atoms with Crippen molar-refractivity contribution < 1.29 is 17.7 Å². The Morgan fingerprint density at radius 2 is 2.00 bits per heavy atom. The molecule has 0 aliphatic heterocycles. The van der Waals surface area contributed by atoms with Gasteiger partial charge in [-0.15, -0.1) is 0 Å². The average Bonchev–Trinajstić information content (AvgIpc) is 2.70. The highest BCUT2D eigenvalue weighted by atomic mass is 35.5. The molecule has 0 fully saturated rings. The van der Waals surface area contributed by atoms with Crippen LogP contribution in [0.15, 0.2) is 28.5 Å². The van der Waals surface area contributed by atoms with Crippen LogP contribution in [-0.2, 0) is 10.0 Å². The number of benzene rings is 1. The highest BCUT2D eigenvalue weighted by molar-refractivity contribution is 7.94. The van der Waals surface area contributed by atoms with E-state index in [0.29, 0.717) is 11.3 Å². The number of rotatable bonds is 4. The smallest absolute Gasteiger partial charge is 0.304 e. The zero-order chi connectivity index (χ0) is 15.8. The maximum absolute atomic E-state index is 13.2. The first kappa shape index (κ1) is 15.5. The Hall–Kier alpha value is -1.91. The summed E-state index contributed by atoms with van der Waals surface area (Å²) in [4.78, 5) is 9.87. The number of anilines is 2. The minimum atomic E-state index is -4.12. The van der Waals surface area contributed by atoms with Gasteiger partial charge in [0.15, 0.2) is 5.00 Å². The first-order valence-electron chi connectivity index (χ1n) is 5.21. The van der Waals surface area contributed by atoms with Crippen molar-refractivity contribution in [3.63, 3.8) is 0 Å². The van der Waals surface area contributed by atoms with E-state index in [1.165, 1.54) is 6.07 Å². The molecule has 1 aromatic carbocycles. The number of nitrogen functional groups attached to an aromatic ring is 1. The molecule has 0 radical (unpaired) electrons. The summed E-state index contributed by atoms with van der Waals surface area (Å²) >= 11 is 6.15. The van der Waals surface area contributed by atoms with Crippen LogP contribution in [0.25, 0.3) is 0 Å². The molecule has 1 aromatic heterocycles. The van der Waals surface area contributed by atoms with Crippen molar-refractivity contribution in [1.29, 1.82) is 0 Å². The molecule has 0 aliphatic carbocycles. The largest absolute Gasteiger partial charge is 0.385 e. The van der Waals surface area contributed by atoms with Crippen LogP contribution < -0.4 is 10.5 Å². The zero-order valence-electron chi connectivity index (χ0n) is 10.0. The fraction of sp³-hybridized carbons (Fsp3) is 0. The lowest BCUT2D eigenvalue weighted by Gasteiger charge is -2.06. The molecule has 3 N–H and O–H groups in total. The summed E-state index contributed by atoms with van der Waals surface area (Å²) in [6.45, 7) is 0. The number of nitro groups is 1. The number of halogens is 2. The highest BCUT2D eigenvalue weighted by Gasteiger charge is 2.25. The summed E-state index contributed by atoms with van der Waals surface area (Å²) in [6, 6.07) is 3.97. The fourth-order valence-corrected chi connectivity index (χ4v) is 3.94. The molecule has 0 atom stereocenters. The van der Waals surface area contributed by atoms with Gasteiger partial charge in [0, 0.05) is 11.1 Å². The molecule has 2 aromatic rings. The Morgan fingerprint density at radius 1 is 1.33 bits per heavy atom. The van der Waals surface area contributed by atoms with Gasteiger partial charge in [0.05, 0.1) is 10.6 Å². The molecule has 1 heterocycles. The van der Waals surface area contributed by atoms with Gasteiger partial charge in [-0.25, -0.2) is 12.8 Å². The number of nitrogens with zero attached hydrogens (tertiary/aromatic N) is 1. The van der Waals surface area contributed by atoms with Crippen molar-refractivity contribution in [1.82, 2.24) is 0 Å². The number of hydrogen-bond acceptors (Lipinski definition) is 6. The summed E-state index contributed by atoms with van der Waals surface area (Å²) in [5.74, 6) is -0.725. The molecular weight excluding hydrogens is 345 g/mol. The Bertz CT molecular complexity index is 801. The van der Waals surface area contributed by atoms with Gasteiger partial charge < -0.3 is 5.73 Å². The monoisotopic (exact) mass is 351 g/mol. The van der Waals surface area contributed by atoms with E-state index < -0.39 is 26.5 Å². The van der Waals surface area contributed by atoms with Crippen molar-refractivity contribution in [3.8, 4) is 0 Å². The van der Waals surface area contributed by atoms with Gasteiger partial charge in [0.2, 0.25) is 0 Å². The lowest BCUT2D eigenvalue weighted by atomic mass is 10.3. The van der Waals surface area contributed by atoms with Crippen molar-refractivity contribution in [2.75, 3.05) is 10.5 Å². The topological polar surface area (TPSA) is 115 Å². The van der Waals surface area contributed by atoms with Gasteiger partial charge >= 0.3 is 5.69 Å². The SMILES string of the molecule is Nc1sc(S(=O)(=O)Nc2cc(F)cc(Cl)c2)cc1[N+](=O)[O-]. The number of hydrogen-bond donors (Lipinski definition) is 2. The normalized spacial score (nSPS) is 11.3. The van der Waals surface area contributed by atoms with E-state index in [-0.39, 0.29) is 19.9 Å². The maximum atomic E-state index is 13.2. The number of nitrogens with one attached hydrogen (secondary N) is 1. The van der Waals surface area contributed by atoms with E-state index in [0.717, 1.165) is 18.2 Å². The molecule has 11 heteroatoms. The van der Waals surface area contributed by atoms with Gasteiger partial charge in [-0.2, -0.15) is 0 Å². The molecule has 21 heavy (non-hydrogen) atoms. The van der Waals surface area contributed by atoms with Crippen LogP contribution in [-0.4, -0.2) is 13.3 Å². The van der Waals surface area contributed by atoms with E-state index in [2.05, 4.69) is 4.72 Å². The van der Waals surface area contributed by atoms with E-state index in [9.17, 15) is 22.9 Å². The Balaban J connectivity index is 2.38. The maximum Gasteiger partial charge on any atom is 0.304 e. The summed E-state index contributed by atoms with van der Waals surface area (Å²) < 4.78 is 39.0. The third-order valence-corrected chi connectivity index (χ3v) is 5.32. The van der Waals surface area contributed by atoms with Crippen LogP contribution in [0.1, 0.15) is 0 Å². The number of thiophene rings is 1. The molecule has 0 amide bonds. The molecule has 2 rings (SSSR count). The lowest BCUT2D eigenvalue weighted by Crippen LogP contribution is -2.11. The molecule has 0 saturated heterocycles. The first-order chi connectivity index (χ1) is 9.69. The zero-order valence-corrected chi connectivity index (χ0v) is 12.4. The minimum Gasteiger partial charge on any atom is -0.385 e. The lowest BCUT2D eigenvalue weighted by molar-refractivity contribution is -0.383. The molecule has 0 spiro atoms. The molecule has 7 nitrogen and oxygen atoms in total. The molecule has 0 aliphatic rings. The fourth-order valence-electron chi connectivity index (χ4n) is 1.47. The van der Waals surface area contributed by atoms with Gasteiger partial charge in [0.25, 0.3) is 10.0 Å². The van der Waals surface area contributed by atoms with Gasteiger partial charge in [-0.3, -0.25) is 14.8 Å². The van der Waals surface area contributed by atoms with E-state index in [1.807, 2.05) is 0 Å². The Labute approximate surface area is 127 Å². The molecular formula is C10H7ClFN3O4S2. The van der Waals surface area contributed by atoms with Crippen LogP contribution in [0.5, 0.6) is 0 Å². The molecule has 0 unspecified atom stereocenters. The first-order valence-corrected chi connectivity index (χ1v) is 7.89. The second-order valence-corrected chi connectivity index (χ2v) is 7.27. The van der Waals surface area contributed by atoms with Crippen molar-refractivity contribution >= 4 is 49.3 Å². The highest BCUT2D eigenvalue weighted by Crippen LogP contribution is 2.35. The minimum absolute atomic E-state index is 0.00405. The average molecular weight is 352 g/mol.